The largest absolute Gasteiger partial charge is 0.473 e. The third-order valence-electron chi connectivity index (χ3n) is 3.45. The lowest BCUT2D eigenvalue weighted by Crippen LogP contribution is -2.17. The van der Waals surface area contributed by atoms with Crippen LogP contribution in [0.25, 0.3) is 0 Å². The van der Waals surface area contributed by atoms with Crippen molar-refractivity contribution in [3.05, 3.63) is 47.2 Å². The number of rotatable bonds is 8. The lowest BCUT2D eigenvalue weighted by Gasteiger charge is -2.15. The van der Waals surface area contributed by atoms with E-state index in [0.29, 0.717) is 19.0 Å². The second kappa shape index (κ2) is 9.10. The van der Waals surface area contributed by atoms with Crippen LogP contribution in [0.3, 0.4) is 0 Å². The number of hydrogen-bond donors (Lipinski definition) is 1. The highest BCUT2D eigenvalue weighted by molar-refractivity contribution is 5.85. The lowest BCUT2D eigenvalue weighted by molar-refractivity contribution is 0.183. The highest BCUT2D eigenvalue weighted by Gasteiger charge is 2.18. The van der Waals surface area contributed by atoms with E-state index in [1.54, 1.807) is 17.8 Å². The number of aromatic nitrogens is 2. The Balaban J connectivity index is 0.00000312. The summed E-state index contributed by atoms with van der Waals surface area (Å²) in [4.78, 5) is 0. The highest BCUT2D eigenvalue weighted by atomic mass is 35.5. The van der Waals surface area contributed by atoms with Crippen molar-refractivity contribution in [2.45, 2.75) is 45.6 Å². The molecular weight excluding hydrogens is 355 g/mol. The molecule has 8 heteroatoms. The first-order chi connectivity index (χ1) is 11.3. The fourth-order valence-corrected chi connectivity index (χ4v) is 2.17. The molecule has 0 radical (unpaired) electrons. The van der Waals surface area contributed by atoms with Crippen molar-refractivity contribution in [3.63, 3.8) is 0 Å². The SMILES string of the molecule is CNCc1cc(OCc2cc(F)ccc2F)n(CCC(C)(C)F)n1.Cl. The quantitative estimate of drug-likeness (QED) is 0.755. The minimum atomic E-state index is -1.33. The smallest absolute Gasteiger partial charge is 0.212 e. The van der Waals surface area contributed by atoms with Gasteiger partial charge in [-0.1, -0.05) is 0 Å². The zero-order chi connectivity index (χ0) is 17.7. The first-order valence-electron chi connectivity index (χ1n) is 7.75. The van der Waals surface area contributed by atoms with Gasteiger partial charge >= 0.3 is 0 Å². The Bertz CT molecular complexity index is 686. The number of aryl methyl sites for hydroxylation is 1. The molecule has 0 spiro atoms. The molecule has 0 aliphatic heterocycles. The number of halogens is 4. The van der Waals surface area contributed by atoms with Crippen molar-refractivity contribution in [3.8, 4) is 5.88 Å². The molecule has 0 fully saturated rings. The zero-order valence-corrected chi connectivity index (χ0v) is 15.3. The molecule has 0 unspecified atom stereocenters. The molecule has 0 amide bonds. The summed E-state index contributed by atoms with van der Waals surface area (Å²) < 4.78 is 47.8. The maximum Gasteiger partial charge on any atom is 0.212 e. The number of hydrogen-bond acceptors (Lipinski definition) is 3. The minimum absolute atomic E-state index is 0. The maximum atomic E-state index is 13.7. The summed E-state index contributed by atoms with van der Waals surface area (Å²) in [5, 5.41) is 7.32. The summed E-state index contributed by atoms with van der Waals surface area (Å²) >= 11 is 0. The molecule has 1 aromatic heterocycles. The van der Waals surface area contributed by atoms with Crippen LogP contribution in [-0.4, -0.2) is 22.5 Å². The van der Waals surface area contributed by atoms with Gasteiger partial charge in [-0.2, -0.15) is 5.10 Å². The van der Waals surface area contributed by atoms with Gasteiger partial charge in [-0.05, 0) is 39.1 Å². The Morgan fingerprint density at radius 3 is 2.60 bits per heavy atom. The van der Waals surface area contributed by atoms with Crippen LogP contribution in [-0.2, 0) is 19.7 Å². The number of nitrogens with one attached hydrogen (secondary N) is 1. The average Bonchev–Trinajstić information content (AvgIpc) is 2.88. The van der Waals surface area contributed by atoms with Crippen LogP contribution in [0.5, 0.6) is 5.88 Å². The molecule has 4 nitrogen and oxygen atoms in total. The number of benzene rings is 1. The summed E-state index contributed by atoms with van der Waals surface area (Å²) in [5.74, 6) is -0.672. The van der Waals surface area contributed by atoms with E-state index in [1.807, 2.05) is 0 Å². The van der Waals surface area contributed by atoms with Crippen LogP contribution in [0.2, 0.25) is 0 Å². The van der Waals surface area contributed by atoms with Crippen LogP contribution in [0, 0.1) is 11.6 Å². The molecule has 0 atom stereocenters. The van der Waals surface area contributed by atoms with E-state index in [1.165, 1.54) is 13.8 Å². The molecule has 0 aliphatic carbocycles. The van der Waals surface area contributed by atoms with Gasteiger partial charge in [-0.25, -0.2) is 17.9 Å². The molecule has 1 heterocycles. The topological polar surface area (TPSA) is 39.1 Å². The van der Waals surface area contributed by atoms with Crippen LogP contribution >= 0.6 is 12.4 Å². The van der Waals surface area contributed by atoms with Crippen molar-refractivity contribution >= 4 is 12.4 Å². The van der Waals surface area contributed by atoms with Crippen LogP contribution in [0.1, 0.15) is 31.5 Å². The monoisotopic (exact) mass is 377 g/mol. The second-order valence-corrected chi connectivity index (χ2v) is 6.22. The Hall–Kier alpha value is -1.73. The van der Waals surface area contributed by atoms with Gasteiger partial charge in [0.2, 0.25) is 5.88 Å². The van der Waals surface area contributed by atoms with Crippen molar-refractivity contribution in [2.24, 2.45) is 0 Å². The predicted octanol–water partition coefficient (Wildman–Crippen LogP) is 4.02. The van der Waals surface area contributed by atoms with E-state index >= 15 is 0 Å². The molecule has 0 aliphatic rings. The number of alkyl halides is 1. The molecule has 0 saturated carbocycles. The Labute approximate surface area is 151 Å². The van der Waals surface area contributed by atoms with Gasteiger partial charge in [-0.3, -0.25) is 0 Å². The zero-order valence-electron chi connectivity index (χ0n) is 14.5. The molecule has 1 N–H and O–H groups in total. The van der Waals surface area contributed by atoms with Gasteiger partial charge in [0.05, 0.1) is 5.69 Å². The Kier molecular flexibility index (Phi) is 7.76. The molecular formula is C17H23ClF3N3O. The van der Waals surface area contributed by atoms with Crippen molar-refractivity contribution in [1.29, 1.82) is 0 Å². The fraction of sp³-hybridized carbons (Fsp3) is 0.471. The van der Waals surface area contributed by atoms with E-state index in [9.17, 15) is 13.2 Å². The standard InChI is InChI=1S/C17H22F3N3O.ClH/c1-17(2,20)6-7-23-16(9-14(22-23)10-21-3)24-11-12-8-13(18)4-5-15(12)19;/h4-5,8-9,21H,6-7,10-11H2,1-3H3;1H. The van der Waals surface area contributed by atoms with Crippen molar-refractivity contribution in [1.82, 2.24) is 15.1 Å². The third-order valence-corrected chi connectivity index (χ3v) is 3.45. The number of ether oxygens (including phenoxy) is 1. The minimum Gasteiger partial charge on any atom is -0.473 e. The second-order valence-electron chi connectivity index (χ2n) is 6.22. The maximum absolute atomic E-state index is 13.7. The molecule has 140 valence electrons. The van der Waals surface area contributed by atoms with Crippen LogP contribution in [0.4, 0.5) is 13.2 Å². The van der Waals surface area contributed by atoms with Crippen molar-refractivity contribution in [2.75, 3.05) is 7.05 Å². The average molecular weight is 378 g/mol. The van der Waals surface area contributed by atoms with E-state index in [0.717, 1.165) is 23.9 Å². The van der Waals surface area contributed by atoms with Crippen LogP contribution in [0.15, 0.2) is 24.3 Å². The molecule has 1 aromatic carbocycles. The van der Waals surface area contributed by atoms with Crippen LogP contribution < -0.4 is 10.1 Å². The van der Waals surface area contributed by atoms with Gasteiger partial charge in [0, 0.05) is 31.1 Å². The van der Waals surface area contributed by atoms with E-state index in [4.69, 9.17) is 4.74 Å². The summed E-state index contributed by atoms with van der Waals surface area (Å²) in [6, 6.07) is 4.91. The van der Waals surface area contributed by atoms with Gasteiger partial charge < -0.3 is 10.1 Å². The van der Waals surface area contributed by atoms with E-state index in [2.05, 4.69) is 10.4 Å². The third kappa shape index (κ3) is 6.59. The van der Waals surface area contributed by atoms with Gasteiger partial charge in [0.15, 0.2) is 0 Å². The first kappa shape index (κ1) is 21.3. The molecule has 0 bridgehead atoms. The lowest BCUT2D eigenvalue weighted by atomic mass is 10.1. The highest BCUT2D eigenvalue weighted by Crippen LogP contribution is 2.21. The fourth-order valence-electron chi connectivity index (χ4n) is 2.17. The summed E-state index contributed by atoms with van der Waals surface area (Å²) in [5.41, 5.74) is -0.492. The Morgan fingerprint density at radius 2 is 1.96 bits per heavy atom. The van der Waals surface area contributed by atoms with Gasteiger partial charge in [0.1, 0.15) is 23.9 Å². The molecule has 2 rings (SSSR count). The molecule has 0 saturated heterocycles. The summed E-state index contributed by atoms with van der Waals surface area (Å²) in [6.45, 7) is 3.71. The summed E-state index contributed by atoms with van der Waals surface area (Å²) in [6.07, 6.45) is 0.262. The van der Waals surface area contributed by atoms with Crippen molar-refractivity contribution < 1.29 is 17.9 Å². The first-order valence-corrected chi connectivity index (χ1v) is 7.75. The number of nitrogens with zero attached hydrogens (tertiary/aromatic N) is 2. The normalized spacial score (nSPS) is 11.3. The Morgan fingerprint density at radius 1 is 1.24 bits per heavy atom. The molecule has 2 aromatic rings. The van der Waals surface area contributed by atoms with Gasteiger partial charge in [0.25, 0.3) is 0 Å². The molecule has 25 heavy (non-hydrogen) atoms. The van der Waals surface area contributed by atoms with E-state index < -0.39 is 17.3 Å². The van der Waals surface area contributed by atoms with Gasteiger partial charge in [-0.15, -0.1) is 12.4 Å². The predicted molar refractivity (Wildman–Crippen MR) is 92.7 cm³/mol. The summed E-state index contributed by atoms with van der Waals surface area (Å²) in [7, 11) is 1.78. The van der Waals surface area contributed by atoms with E-state index in [-0.39, 0.29) is 31.0 Å².